The van der Waals surface area contributed by atoms with Crippen molar-refractivity contribution in [2.24, 2.45) is 0 Å². The van der Waals surface area contributed by atoms with Gasteiger partial charge < -0.3 is 9.67 Å². The Hall–Kier alpha value is -2.28. The van der Waals surface area contributed by atoms with Gasteiger partial charge in [0.1, 0.15) is 10.6 Å². The summed E-state index contributed by atoms with van der Waals surface area (Å²) in [5.74, 6) is -1.16. The molecule has 0 atom stereocenters. The summed E-state index contributed by atoms with van der Waals surface area (Å²) in [5.41, 5.74) is 1.54. The fraction of sp³-hybridized carbons (Fsp3) is 0.312. The van der Waals surface area contributed by atoms with Crippen molar-refractivity contribution >= 4 is 21.7 Å². The highest BCUT2D eigenvalue weighted by atomic mass is 32.2. The highest BCUT2D eigenvalue weighted by molar-refractivity contribution is 7.92. The number of carboxylic acid groups (broad SMARTS) is 1. The van der Waals surface area contributed by atoms with Crippen molar-refractivity contribution in [1.82, 2.24) is 4.57 Å². The van der Waals surface area contributed by atoms with E-state index in [2.05, 4.69) is 11.6 Å². The van der Waals surface area contributed by atoms with Crippen LogP contribution in [0.4, 0.5) is 5.69 Å². The van der Waals surface area contributed by atoms with Crippen molar-refractivity contribution in [2.75, 3.05) is 4.72 Å². The summed E-state index contributed by atoms with van der Waals surface area (Å²) in [6, 6.07) is 8.33. The lowest BCUT2D eigenvalue weighted by atomic mass is 10.1. The average Bonchev–Trinajstić information content (AvgIpc) is 2.95. The van der Waals surface area contributed by atoms with Crippen LogP contribution in [-0.4, -0.2) is 24.1 Å². The number of aromatic nitrogens is 1. The number of hydrogen-bond donors (Lipinski definition) is 2. The zero-order valence-electron chi connectivity index (χ0n) is 13.1. The van der Waals surface area contributed by atoms with Crippen molar-refractivity contribution in [3.05, 3.63) is 47.8 Å². The van der Waals surface area contributed by atoms with Gasteiger partial charge in [0.05, 0.1) is 0 Å². The summed E-state index contributed by atoms with van der Waals surface area (Å²) in [4.78, 5) is 11.1. The maximum Gasteiger partial charge on any atom is 0.352 e. The van der Waals surface area contributed by atoms with Crippen LogP contribution in [0.15, 0.2) is 41.4 Å². The molecule has 0 spiro atoms. The summed E-state index contributed by atoms with van der Waals surface area (Å²) in [6.07, 6.45) is 3.29. The minimum absolute atomic E-state index is 0.0498. The number of aryl methyl sites for hydroxylation is 2. The SMILES string of the molecule is CCCc1ccc(NS(=O)(=O)c2cc(C(=O)O)n(CC)c2)cc1. The zero-order valence-corrected chi connectivity index (χ0v) is 13.9. The normalized spacial score (nSPS) is 11.4. The molecule has 0 bridgehead atoms. The molecular formula is C16H20N2O4S. The van der Waals surface area contributed by atoms with Crippen LogP contribution in [0.3, 0.4) is 0 Å². The number of sulfonamides is 1. The average molecular weight is 336 g/mol. The third-order valence-electron chi connectivity index (χ3n) is 3.49. The molecule has 0 amide bonds. The van der Waals surface area contributed by atoms with E-state index in [1.54, 1.807) is 19.1 Å². The summed E-state index contributed by atoms with van der Waals surface area (Å²) >= 11 is 0. The van der Waals surface area contributed by atoms with E-state index in [0.717, 1.165) is 18.4 Å². The fourth-order valence-electron chi connectivity index (χ4n) is 2.31. The van der Waals surface area contributed by atoms with E-state index in [9.17, 15) is 13.2 Å². The Morgan fingerprint density at radius 2 is 1.87 bits per heavy atom. The number of rotatable bonds is 7. The Balaban J connectivity index is 2.26. The predicted octanol–water partition coefficient (Wildman–Crippen LogP) is 2.96. The van der Waals surface area contributed by atoms with E-state index in [4.69, 9.17) is 5.11 Å². The number of carboxylic acids is 1. The third kappa shape index (κ3) is 3.92. The van der Waals surface area contributed by atoms with Crippen LogP contribution >= 0.6 is 0 Å². The lowest BCUT2D eigenvalue weighted by Gasteiger charge is -2.07. The molecule has 1 heterocycles. The summed E-state index contributed by atoms with van der Waals surface area (Å²) in [5, 5.41) is 9.11. The number of aromatic carboxylic acids is 1. The van der Waals surface area contributed by atoms with Gasteiger partial charge in [-0.1, -0.05) is 25.5 Å². The van der Waals surface area contributed by atoms with Crippen molar-refractivity contribution in [2.45, 2.75) is 38.1 Å². The van der Waals surface area contributed by atoms with Crippen molar-refractivity contribution in [3.8, 4) is 0 Å². The van der Waals surface area contributed by atoms with E-state index in [0.29, 0.717) is 12.2 Å². The number of carbonyl (C=O) groups is 1. The maximum atomic E-state index is 12.4. The predicted molar refractivity (Wildman–Crippen MR) is 88.3 cm³/mol. The monoisotopic (exact) mass is 336 g/mol. The van der Waals surface area contributed by atoms with Crippen molar-refractivity contribution in [3.63, 3.8) is 0 Å². The van der Waals surface area contributed by atoms with E-state index >= 15 is 0 Å². The molecule has 0 aliphatic carbocycles. The lowest BCUT2D eigenvalue weighted by Crippen LogP contribution is -2.12. The Morgan fingerprint density at radius 1 is 1.22 bits per heavy atom. The molecule has 2 N–H and O–H groups in total. The van der Waals surface area contributed by atoms with E-state index in [-0.39, 0.29) is 10.6 Å². The minimum Gasteiger partial charge on any atom is -0.477 e. The van der Waals surface area contributed by atoms with Gasteiger partial charge in [0.25, 0.3) is 10.0 Å². The smallest absolute Gasteiger partial charge is 0.352 e. The molecule has 2 rings (SSSR count). The molecule has 0 aliphatic heterocycles. The molecular weight excluding hydrogens is 316 g/mol. The number of nitrogens with one attached hydrogen (secondary N) is 1. The Bertz CT molecular complexity index is 792. The zero-order chi connectivity index (χ0) is 17.0. The van der Waals surface area contributed by atoms with Gasteiger partial charge in [0.2, 0.25) is 0 Å². The molecule has 0 unspecified atom stereocenters. The quantitative estimate of drug-likeness (QED) is 0.813. The Kier molecular flexibility index (Phi) is 5.10. The molecule has 1 aromatic heterocycles. The summed E-state index contributed by atoms with van der Waals surface area (Å²) < 4.78 is 28.7. The van der Waals surface area contributed by atoms with Gasteiger partial charge in [0.15, 0.2) is 0 Å². The second-order valence-corrected chi connectivity index (χ2v) is 6.89. The van der Waals surface area contributed by atoms with Crippen LogP contribution in [0.5, 0.6) is 0 Å². The van der Waals surface area contributed by atoms with E-state index < -0.39 is 16.0 Å². The molecule has 0 saturated carbocycles. The maximum absolute atomic E-state index is 12.4. The molecule has 0 saturated heterocycles. The lowest BCUT2D eigenvalue weighted by molar-refractivity contribution is 0.0685. The first-order valence-electron chi connectivity index (χ1n) is 7.42. The van der Waals surface area contributed by atoms with Gasteiger partial charge in [-0.25, -0.2) is 13.2 Å². The summed E-state index contributed by atoms with van der Waals surface area (Å²) in [6.45, 7) is 4.21. The molecule has 6 nitrogen and oxygen atoms in total. The van der Waals surface area contributed by atoms with E-state index in [1.807, 2.05) is 12.1 Å². The van der Waals surface area contributed by atoms with Crippen LogP contribution in [0.1, 0.15) is 36.3 Å². The molecule has 2 aromatic rings. The number of benzene rings is 1. The number of hydrogen-bond acceptors (Lipinski definition) is 3. The van der Waals surface area contributed by atoms with Gasteiger partial charge in [-0.15, -0.1) is 0 Å². The standard InChI is InChI=1S/C16H20N2O4S/c1-3-5-12-6-8-13(9-7-12)17-23(21,22)14-10-15(16(19)20)18(4-2)11-14/h6-11,17H,3-5H2,1-2H3,(H,19,20). The molecule has 1 aromatic carbocycles. The topological polar surface area (TPSA) is 88.4 Å². The number of nitrogens with zero attached hydrogens (tertiary/aromatic N) is 1. The van der Waals surface area contributed by atoms with Gasteiger partial charge >= 0.3 is 5.97 Å². The Morgan fingerprint density at radius 3 is 2.35 bits per heavy atom. The molecule has 7 heteroatoms. The first kappa shape index (κ1) is 17.1. The van der Waals surface area contributed by atoms with Gasteiger partial charge in [-0.3, -0.25) is 4.72 Å². The van der Waals surface area contributed by atoms with Gasteiger partial charge in [-0.2, -0.15) is 0 Å². The van der Waals surface area contributed by atoms with Crippen molar-refractivity contribution in [1.29, 1.82) is 0 Å². The molecule has 0 aliphatic rings. The van der Waals surface area contributed by atoms with Gasteiger partial charge in [-0.05, 0) is 37.1 Å². The van der Waals surface area contributed by atoms with E-state index in [1.165, 1.54) is 16.8 Å². The molecule has 124 valence electrons. The first-order chi connectivity index (χ1) is 10.9. The van der Waals surface area contributed by atoms with Crippen LogP contribution in [-0.2, 0) is 23.0 Å². The second-order valence-electron chi connectivity index (χ2n) is 5.20. The third-order valence-corrected chi connectivity index (χ3v) is 4.83. The second kappa shape index (κ2) is 6.87. The summed E-state index contributed by atoms with van der Waals surface area (Å²) in [7, 11) is -3.82. The largest absolute Gasteiger partial charge is 0.477 e. The minimum atomic E-state index is -3.82. The number of anilines is 1. The molecule has 0 radical (unpaired) electrons. The molecule has 23 heavy (non-hydrogen) atoms. The van der Waals surface area contributed by atoms with Crippen LogP contribution in [0.25, 0.3) is 0 Å². The Labute approximate surface area is 135 Å². The van der Waals surface area contributed by atoms with Crippen LogP contribution < -0.4 is 4.72 Å². The van der Waals surface area contributed by atoms with Crippen LogP contribution in [0.2, 0.25) is 0 Å². The molecule has 0 fully saturated rings. The first-order valence-corrected chi connectivity index (χ1v) is 8.91. The fourth-order valence-corrected chi connectivity index (χ4v) is 3.41. The van der Waals surface area contributed by atoms with Gasteiger partial charge in [0, 0.05) is 18.4 Å². The highest BCUT2D eigenvalue weighted by Gasteiger charge is 2.21. The highest BCUT2D eigenvalue weighted by Crippen LogP contribution is 2.19. The van der Waals surface area contributed by atoms with Crippen molar-refractivity contribution < 1.29 is 18.3 Å². The van der Waals surface area contributed by atoms with Crippen LogP contribution in [0, 0.1) is 0 Å².